The smallest absolute Gasteiger partial charge is 0.306 e. The number of carbonyl (C=O) groups excluding carboxylic acids is 2. The van der Waals surface area contributed by atoms with Gasteiger partial charge in [0.05, 0.1) is 19.1 Å². The quantitative estimate of drug-likeness (QED) is 0.336. The molecular formula is C20H16BrClN2O5. The van der Waals surface area contributed by atoms with Crippen molar-refractivity contribution >= 4 is 39.3 Å². The van der Waals surface area contributed by atoms with E-state index in [1.807, 2.05) is 0 Å². The van der Waals surface area contributed by atoms with Crippen molar-refractivity contribution < 1.29 is 23.5 Å². The van der Waals surface area contributed by atoms with Crippen LogP contribution in [-0.4, -0.2) is 29.1 Å². The number of esters is 1. The highest BCUT2D eigenvalue weighted by molar-refractivity contribution is 9.10. The number of Topliss-reactive ketones (excluding diaryl/α,β-unsaturated/α-hetero) is 1. The SMILES string of the molecule is COc1ccc(Br)cc1C(=O)CCC(=O)OCc1nnc(-c2ccc(Cl)cc2)o1. The summed E-state index contributed by atoms with van der Waals surface area (Å²) in [7, 11) is 1.48. The van der Waals surface area contributed by atoms with Crippen LogP contribution in [0, 0.1) is 0 Å². The number of ether oxygens (including phenoxy) is 2. The number of benzene rings is 2. The second-order valence-electron chi connectivity index (χ2n) is 5.94. The Balaban J connectivity index is 1.51. The molecule has 0 amide bonds. The van der Waals surface area contributed by atoms with Crippen LogP contribution in [0.1, 0.15) is 29.1 Å². The van der Waals surface area contributed by atoms with Crippen LogP contribution >= 0.6 is 27.5 Å². The molecule has 0 radical (unpaired) electrons. The van der Waals surface area contributed by atoms with Crippen molar-refractivity contribution in [1.82, 2.24) is 10.2 Å². The lowest BCUT2D eigenvalue weighted by Crippen LogP contribution is -2.09. The zero-order valence-corrected chi connectivity index (χ0v) is 17.7. The number of hydrogen-bond acceptors (Lipinski definition) is 7. The van der Waals surface area contributed by atoms with E-state index in [2.05, 4.69) is 26.1 Å². The van der Waals surface area contributed by atoms with Gasteiger partial charge in [-0.2, -0.15) is 0 Å². The molecule has 0 bridgehead atoms. The van der Waals surface area contributed by atoms with Gasteiger partial charge < -0.3 is 13.9 Å². The van der Waals surface area contributed by atoms with Crippen molar-refractivity contribution in [2.75, 3.05) is 7.11 Å². The minimum absolute atomic E-state index is 0.00843. The molecule has 2 aromatic carbocycles. The van der Waals surface area contributed by atoms with Gasteiger partial charge in [-0.3, -0.25) is 9.59 Å². The van der Waals surface area contributed by atoms with E-state index in [4.69, 9.17) is 25.5 Å². The fourth-order valence-corrected chi connectivity index (χ4v) is 2.97. The molecule has 3 aromatic rings. The summed E-state index contributed by atoms with van der Waals surface area (Å²) in [5.74, 6) is 0.140. The molecule has 150 valence electrons. The first-order valence-electron chi connectivity index (χ1n) is 8.57. The van der Waals surface area contributed by atoms with E-state index in [1.165, 1.54) is 7.11 Å². The molecule has 0 aliphatic heterocycles. The van der Waals surface area contributed by atoms with Crippen LogP contribution in [0.4, 0.5) is 0 Å². The maximum absolute atomic E-state index is 12.4. The fraction of sp³-hybridized carbons (Fsp3) is 0.200. The van der Waals surface area contributed by atoms with Gasteiger partial charge in [-0.25, -0.2) is 0 Å². The molecule has 0 fully saturated rings. The molecule has 0 N–H and O–H groups in total. The molecular weight excluding hydrogens is 464 g/mol. The van der Waals surface area contributed by atoms with E-state index < -0.39 is 5.97 Å². The van der Waals surface area contributed by atoms with Crippen LogP contribution in [0.3, 0.4) is 0 Å². The molecule has 0 unspecified atom stereocenters. The summed E-state index contributed by atoms with van der Waals surface area (Å²) in [5.41, 5.74) is 1.10. The highest BCUT2D eigenvalue weighted by Crippen LogP contribution is 2.25. The molecule has 7 nitrogen and oxygen atoms in total. The van der Waals surface area contributed by atoms with E-state index in [9.17, 15) is 9.59 Å². The van der Waals surface area contributed by atoms with Gasteiger partial charge in [0.25, 0.3) is 5.89 Å². The zero-order valence-electron chi connectivity index (χ0n) is 15.4. The summed E-state index contributed by atoms with van der Waals surface area (Å²) in [5, 5.41) is 8.35. The lowest BCUT2D eigenvalue weighted by atomic mass is 10.1. The molecule has 0 saturated carbocycles. The van der Waals surface area contributed by atoms with E-state index in [0.29, 0.717) is 27.8 Å². The number of halogens is 2. The van der Waals surface area contributed by atoms with E-state index in [-0.39, 0.29) is 31.1 Å². The van der Waals surface area contributed by atoms with Gasteiger partial charge in [0.15, 0.2) is 12.4 Å². The van der Waals surface area contributed by atoms with Gasteiger partial charge in [-0.1, -0.05) is 27.5 Å². The number of aromatic nitrogens is 2. The first-order chi connectivity index (χ1) is 14.0. The van der Waals surface area contributed by atoms with Crippen LogP contribution < -0.4 is 4.74 Å². The Bertz CT molecular complexity index is 1020. The van der Waals surface area contributed by atoms with Crippen molar-refractivity contribution in [1.29, 1.82) is 0 Å². The normalized spacial score (nSPS) is 10.6. The van der Waals surface area contributed by atoms with Gasteiger partial charge in [0.2, 0.25) is 5.89 Å². The summed E-state index contributed by atoms with van der Waals surface area (Å²) >= 11 is 9.16. The average Bonchev–Trinajstić information content (AvgIpc) is 3.20. The molecule has 0 saturated heterocycles. The molecule has 1 heterocycles. The van der Waals surface area contributed by atoms with E-state index in [0.717, 1.165) is 4.47 Å². The van der Waals surface area contributed by atoms with E-state index >= 15 is 0 Å². The van der Waals surface area contributed by atoms with Crippen molar-refractivity contribution in [3.63, 3.8) is 0 Å². The first kappa shape index (κ1) is 21.0. The number of hydrogen-bond donors (Lipinski definition) is 0. The number of ketones is 1. The number of methoxy groups -OCH3 is 1. The Morgan fingerprint density at radius 2 is 1.86 bits per heavy atom. The Morgan fingerprint density at radius 1 is 1.10 bits per heavy atom. The molecule has 9 heteroatoms. The predicted molar refractivity (Wildman–Crippen MR) is 109 cm³/mol. The van der Waals surface area contributed by atoms with Crippen molar-refractivity contribution in [2.24, 2.45) is 0 Å². The third-order valence-electron chi connectivity index (χ3n) is 3.93. The predicted octanol–water partition coefficient (Wildman–Crippen LogP) is 4.87. The van der Waals surface area contributed by atoms with Crippen molar-refractivity contribution in [3.05, 3.63) is 63.4 Å². The lowest BCUT2D eigenvalue weighted by molar-refractivity contribution is -0.145. The minimum Gasteiger partial charge on any atom is -0.496 e. The zero-order chi connectivity index (χ0) is 20.8. The Hall–Kier alpha value is -2.71. The summed E-state index contributed by atoms with van der Waals surface area (Å²) in [6.45, 7) is -0.173. The monoisotopic (exact) mass is 478 g/mol. The molecule has 0 aliphatic carbocycles. The van der Waals surface area contributed by atoms with Crippen molar-refractivity contribution in [2.45, 2.75) is 19.4 Å². The highest BCUT2D eigenvalue weighted by Gasteiger charge is 2.16. The second kappa shape index (κ2) is 9.67. The molecule has 0 atom stereocenters. The van der Waals surface area contributed by atoms with Gasteiger partial charge in [-0.05, 0) is 42.5 Å². The van der Waals surface area contributed by atoms with Crippen LogP contribution in [0.2, 0.25) is 5.02 Å². The van der Waals surface area contributed by atoms with Crippen LogP contribution in [0.5, 0.6) is 5.75 Å². The first-order valence-corrected chi connectivity index (χ1v) is 9.74. The van der Waals surface area contributed by atoms with Crippen LogP contribution in [0.15, 0.2) is 51.4 Å². The maximum Gasteiger partial charge on any atom is 0.306 e. The third-order valence-corrected chi connectivity index (χ3v) is 4.68. The largest absolute Gasteiger partial charge is 0.496 e. The van der Waals surface area contributed by atoms with Crippen LogP contribution in [-0.2, 0) is 16.1 Å². The number of carbonyl (C=O) groups is 2. The average molecular weight is 480 g/mol. The molecule has 0 spiro atoms. The second-order valence-corrected chi connectivity index (χ2v) is 7.29. The maximum atomic E-state index is 12.4. The van der Waals surface area contributed by atoms with Gasteiger partial charge >= 0.3 is 5.97 Å². The Labute approximate surface area is 180 Å². The van der Waals surface area contributed by atoms with Crippen molar-refractivity contribution in [3.8, 4) is 17.2 Å². The Morgan fingerprint density at radius 3 is 2.59 bits per heavy atom. The molecule has 0 aliphatic rings. The van der Waals surface area contributed by atoms with Gasteiger partial charge in [0, 0.05) is 21.5 Å². The van der Waals surface area contributed by atoms with Crippen LogP contribution in [0.25, 0.3) is 11.5 Å². The summed E-state index contributed by atoms with van der Waals surface area (Å²) in [4.78, 5) is 24.3. The highest BCUT2D eigenvalue weighted by atomic mass is 79.9. The standard InChI is InChI=1S/C20H16BrClN2O5/c1-27-17-8-4-13(21)10-15(17)16(25)7-9-19(26)28-11-18-23-24-20(29-18)12-2-5-14(22)6-3-12/h2-6,8,10H,7,9,11H2,1H3. The molecule has 29 heavy (non-hydrogen) atoms. The minimum atomic E-state index is -0.543. The fourth-order valence-electron chi connectivity index (χ4n) is 2.48. The Kier molecular flexibility index (Phi) is 7.00. The summed E-state index contributed by atoms with van der Waals surface area (Å²) in [6.07, 6.45) is -0.0851. The topological polar surface area (TPSA) is 91.5 Å². The summed E-state index contributed by atoms with van der Waals surface area (Å²) < 4.78 is 16.5. The van der Waals surface area contributed by atoms with E-state index in [1.54, 1.807) is 42.5 Å². The molecule has 3 rings (SSSR count). The third kappa shape index (κ3) is 5.65. The van der Waals surface area contributed by atoms with Gasteiger partial charge in [-0.15, -0.1) is 10.2 Å². The number of rotatable bonds is 8. The van der Waals surface area contributed by atoms with Gasteiger partial charge in [0.1, 0.15) is 5.75 Å². The lowest BCUT2D eigenvalue weighted by Gasteiger charge is -2.08. The number of nitrogens with zero attached hydrogens (tertiary/aromatic N) is 2. The molecule has 1 aromatic heterocycles. The summed E-state index contributed by atoms with van der Waals surface area (Å²) in [6, 6.07) is 12.0.